The Morgan fingerprint density at radius 2 is 2.00 bits per heavy atom. The number of hydrogen-bond donors (Lipinski definition) is 1. The monoisotopic (exact) mass is 211 g/mol. The van der Waals surface area contributed by atoms with E-state index in [9.17, 15) is 8.42 Å². The van der Waals surface area contributed by atoms with Crippen LogP contribution in [0.3, 0.4) is 0 Å². The molecule has 5 heteroatoms. The molecule has 0 radical (unpaired) electrons. The number of ether oxygens (including phenoxy) is 1. The highest BCUT2D eigenvalue weighted by Gasteiger charge is 2.23. The van der Waals surface area contributed by atoms with Gasteiger partial charge in [-0.15, -0.1) is 0 Å². The smallest absolute Gasteiger partial charge is 0.251 e. The van der Waals surface area contributed by atoms with Crippen LogP contribution in [0.25, 0.3) is 6.08 Å². The largest absolute Gasteiger partial charge is 0.468 e. The third kappa shape index (κ3) is 1.64. The predicted octanol–water partition coefficient (Wildman–Crippen LogP) is 0.707. The Kier molecular flexibility index (Phi) is 2.05. The number of sulfonamides is 1. The highest BCUT2D eigenvalue weighted by molar-refractivity contribution is 7.89. The second-order valence-electron chi connectivity index (χ2n) is 2.97. The Morgan fingerprint density at radius 1 is 1.29 bits per heavy atom. The molecule has 1 aromatic carbocycles. The van der Waals surface area contributed by atoms with E-state index in [0.717, 1.165) is 5.56 Å². The molecule has 0 saturated carbocycles. The van der Waals surface area contributed by atoms with Gasteiger partial charge in [0.05, 0.1) is 0 Å². The number of para-hydroxylation sites is 1. The summed E-state index contributed by atoms with van der Waals surface area (Å²) in [6.07, 6.45) is 3.12. The van der Waals surface area contributed by atoms with Crippen molar-refractivity contribution < 1.29 is 13.2 Å². The molecule has 0 fully saturated rings. The van der Waals surface area contributed by atoms with E-state index in [1.54, 1.807) is 18.2 Å². The normalized spacial score (nSPS) is 19.9. The molecule has 1 aliphatic heterocycles. The minimum Gasteiger partial charge on any atom is -0.468 e. The summed E-state index contributed by atoms with van der Waals surface area (Å²) in [4.78, 5) is 0. The Morgan fingerprint density at radius 3 is 2.71 bits per heavy atom. The summed E-state index contributed by atoms with van der Waals surface area (Å²) in [7, 11) is -3.68. The van der Waals surface area contributed by atoms with Gasteiger partial charge in [-0.3, -0.25) is 0 Å². The number of fused-ring (bicyclic) bond motifs is 1. The van der Waals surface area contributed by atoms with Crippen molar-refractivity contribution in [1.29, 1.82) is 0 Å². The van der Waals surface area contributed by atoms with Crippen LogP contribution in [0.2, 0.25) is 0 Å². The van der Waals surface area contributed by atoms with Crippen molar-refractivity contribution in [3.05, 3.63) is 35.9 Å². The van der Waals surface area contributed by atoms with Gasteiger partial charge in [-0.2, -0.15) is 0 Å². The maximum absolute atomic E-state index is 11.0. The van der Waals surface area contributed by atoms with Crippen LogP contribution in [0.1, 0.15) is 5.56 Å². The lowest BCUT2D eigenvalue weighted by molar-refractivity contribution is 0.313. The van der Waals surface area contributed by atoms with Crippen LogP contribution in [0, 0.1) is 0 Å². The molecular formula is C9H9NO3S. The fourth-order valence-corrected chi connectivity index (χ4v) is 1.78. The van der Waals surface area contributed by atoms with Gasteiger partial charge in [-0.05, 0) is 12.1 Å². The van der Waals surface area contributed by atoms with Gasteiger partial charge < -0.3 is 4.74 Å². The van der Waals surface area contributed by atoms with E-state index in [1.807, 2.05) is 12.1 Å². The molecule has 0 saturated heterocycles. The van der Waals surface area contributed by atoms with Gasteiger partial charge in [0.1, 0.15) is 5.75 Å². The summed E-state index contributed by atoms with van der Waals surface area (Å²) in [5.74, 6) is 0.536. The van der Waals surface area contributed by atoms with E-state index < -0.39 is 15.5 Å². The molecule has 0 aromatic heterocycles. The average molecular weight is 211 g/mol. The standard InChI is InChI=1S/C9H9NO3S/c10-14(11,12)9-6-5-7-3-1-2-4-8(7)13-9/h1-6,9H,(H2,10,11,12). The molecule has 0 spiro atoms. The van der Waals surface area contributed by atoms with Gasteiger partial charge in [-0.1, -0.05) is 24.3 Å². The summed E-state index contributed by atoms with van der Waals surface area (Å²) >= 11 is 0. The topological polar surface area (TPSA) is 69.4 Å². The van der Waals surface area contributed by atoms with E-state index in [1.165, 1.54) is 6.08 Å². The SMILES string of the molecule is NS(=O)(=O)C1C=Cc2ccccc2O1. The van der Waals surface area contributed by atoms with Crippen molar-refractivity contribution in [3.63, 3.8) is 0 Å². The second kappa shape index (κ2) is 3.11. The van der Waals surface area contributed by atoms with Gasteiger partial charge in [0.2, 0.25) is 5.44 Å². The van der Waals surface area contributed by atoms with Crippen LogP contribution in [0.5, 0.6) is 5.75 Å². The lowest BCUT2D eigenvalue weighted by atomic mass is 10.1. The summed E-state index contributed by atoms with van der Waals surface area (Å²) < 4.78 is 27.2. The molecule has 1 atom stereocenters. The quantitative estimate of drug-likeness (QED) is 0.743. The molecule has 0 amide bonds. The number of hydrogen-bond acceptors (Lipinski definition) is 3. The predicted molar refractivity (Wildman–Crippen MR) is 53.0 cm³/mol. The van der Waals surface area contributed by atoms with E-state index in [-0.39, 0.29) is 0 Å². The molecule has 0 bridgehead atoms. The van der Waals surface area contributed by atoms with Gasteiger partial charge in [0, 0.05) is 5.56 Å². The molecule has 2 N–H and O–H groups in total. The Labute approximate surface area is 82.0 Å². The van der Waals surface area contributed by atoms with Gasteiger partial charge in [-0.25, -0.2) is 13.6 Å². The van der Waals surface area contributed by atoms with E-state index in [2.05, 4.69) is 0 Å². The fraction of sp³-hybridized carbons (Fsp3) is 0.111. The molecule has 1 aliphatic rings. The van der Waals surface area contributed by atoms with E-state index >= 15 is 0 Å². The van der Waals surface area contributed by atoms with Crippen molar-refractivity contribution in [2.45, 2.75) is 5.44 Å². The van der Waals surface area contributed by atoms with Crippen LogP contribution in [0.4, 0.5) is 0 Å². The zero-order chi connectivity index (χ0) is 10.2. The Balaban J connectivity index is 2.40. The molecule has 1 aromatic rings. The van der Waals surface area contributed by atoms with Crippen molar-refractivity contribution >= 4 is 16.1 Å². The van der Waals surface area contributed by atoms with Crippen LogP contribution < -0.4 is 9.88 Å². The number of nitrogens with two attached hydrogens (primary N) is 1. The minimum absolute atomic E-state index is 0.536. The third-order valence-electron chi connectivity index (χ3n) is 1.92. The van der Waals surface area contributed by atoms with Gasteiger partial charge in [0.15, 0.2) is 0 Å². The maximum Gasteiger partial charge on any atom is 0.251 e. The first-order chi connectivity index (χ1) is 6.57. The zero-order valence-electron chi connectivity index (χ0n) is 7.25. The van der Waals surface area contributed by atoms with Crippen LogP contribution >= 0.6 is 0 Å². The molecule has 4 nitrogen and oxygen atoms in total. The minimum atomic E-state index is -3.68. The average Bonchev–Trinajstić information content (AvgIpc) is 2.16. The van der Waals surface area contributed by atoms with Crippen LogP contribution in [-0.4, -0.2) is 13.9 Å². The summed E-state index contributed by atoms with van der Waals surface area (Å²) in [6, 6.07) is 7.17. The molecule has 74 valence electrons. The second-order valence-corrected chi connectivity index (χ2v) is 4.61. The van der Waals surface area contributed by atoms with Crippen molar-refractivity contribution in [2.75, 3.05) is 0 Å². The van der Waals surface area contributed by atoms with Crippen LogP contribution in [0.15, 0.2) is 30.3 Å². The van der Waals surface area contributed by atoms with Crippen molar-refractivity contribution in [2.24, 2.45) is 5.14 Å². The summed E-state index contributed by atoms with van der Waals surface area (Å²) in [6.45, 7) is 0. The van der Waals surface area contributed by atoms with E-state index in [4.69, 9.17) is 9.88 Å². The van der Waals surface area contributed by atoms with Crippen molar-refractivity contribution in [1.82, 2.24) is 0 Å². The number of benzene rings is 1. The molecular weight excluding hydrogens is 202 g/mol. The molecule has 1 unspecified atom stereocenters. The molecule has 2 rings (SSSR count). The summed E-state index contributed by atoms with van der Waals surface area (Å²) in [5.41, 5.74) is -0.218. The highest BCUT2D eigenvalue weighted by Crippen LogP contribution is 2.26. The zero-order valence-corrected chi connectivity index (χ0v) is 8.07. The number of rotatable bonds is 1. The summed E-state index contributed by atoms with van der Waals surface area (Å²) in [5, 5.41) is 4.96. The van der Waals surface area contributed by atoms with Crippen molar-refractivity contribution in [3.8, 4) is 5.75 Å². The highest BCUT2D eigenvalue weighted by atomic mass is 32.2. The number of primary sulfonamides is 1. The first-order valence-electron chi connectivity index (χ1n) is 4.03. The lowest BCUT2D eigenvalue weighted by Gasteiger charge is -2.19. The maximum atomic E-state index is 11.0. The van der Waals surface area contributed by atoms with E-state index in [0.29, 0.717) is 5.75 Å². The first-order valence-corrected chi connectivity index (χ1v) is 5.64. The molecule has 1 heterocycles. The first kappa shape index (κ1) is 9.23. The van der Waals surface area contributed by atoms with Crippen LogP contribution in [-0.2, 0) is 10.0 Å². The molecule has 0 aliphatic carbocycles. The fourth-order valence-electron chi connectivity index (χ4n) is 1.25. The molecule has 14 heavy (non-hydrogen) atoms. The third-order valence-corrected chi connectivity index (χ3v) is 2.82. The lowest BCUT2D eigenvalue weighted by Crippen LogP contribution is -2.33. The van der Waals surface area contributed by atoms with Gasteiger partial charge in [0.25, 0.3) is 10.0 Å². The Hall–Kier alpha value is -1.33. The Bertz CT molecular complexity index is 479. The van der Waals surface area contributed by atoms with Gasteiger partial charge >= 0.3 is 0 Å².